The molecule has 0 unspecified atom stereocenters. The molecule has 8 heteroatoms. The van der Waals surface area contributed by atoms with Gasteiger partial charge in [-0.1, -0.05) is 0 Å². The molecule has 2 fully saturated rings. The normalized spacial score (nSPS) is 21.3. The SMILES string of the molecule is N#Cc1cncnc1CC1CCC(Oc2cc(N3CCOCC3)cc3nccnc23)CC1. The van der Waals surface area contributed by atoms with Crippen molar-refractivity contribution in [3.63, 3.8) is 0 Å². The quantitative estimate of drug-likeness (QED) is 0.608. The van der Waals surface area contributed by atoms with Gasteiger partial charge in [-0.05, 0) is 44.1 Å². The first-order valence-corrected chi connectivity index (χ1v) is 11.2. The van der Waals surface area contributed by atoms with Crippen LogP contribution in [0.5, 0.6) is 5.75 Å². The second-order valence-electron chi connectivity index (χ2n) is 8.43. The number of fused-ring (bicyclic) bond motifs is 1. The molecular formula is C24H26N6O2. The Morgan fingerprint density at radius 1 is 1.06 bits per heavy atom. The van der Waals surface area contributed by atoms with Crippen LogP contribution in [0.15, 0.2) is 37.1 Å². The van der Waals surface area contributed by atoms with E-state index >= 15 is 0 Å². The Hall–Kier alpha value is -3.31. The number of morpholine rings is 1. The largest absolute Gasteiger partial charge is 0.488 e. The van der Waals surface area contributed by atoms with Crippen molar-refractivity contribution in [1.29, 1.82) is 5.26 Å². The number of hydrogen-bond acceptors (Lipinski definition) is 8. The molecule has 0 bridgehead atoms. The number of hydrogen-bond donors (Lipinski definition) is 0. The number of rotatable bonds is 5. The molecule has 164 valence electrons. The predicted octanol–water partition coefficient (Wildman–Crippen LogP) is 3.31. The summed E-state index contributed by atoms with van der Waals surface area (Å²) in [5.41, 5.74) is 4.21. The molecule has 1 aromatic carbocycles. The minimum absolute atomic E-state index is 0.150. The van der Waals surface area contributed by atoms with Crippen LogP contribution in [0, 0.1) is 17.2 Å². The molecule has 2 aliphatic rings. The summed E-state index contributed by atoms with van der Waals surface area (Å²) >= 11 is 0. The minimum Gasteiger partial charge on any atom is -0.488 e. The Morgan fingerprint density at radius 3 is 2.69 bits per heavy atom. The van der Waals surface area contributed by atoms with Gasteiger partial charge in [0.1, 0.15) is 23.7 Å². The van der Waals surface area contributed by atoms with Crippen molar-refractivity contribution < 1.29 is 9.47 Å². The lowest BCUT2D eigenvalue weighted by Crippen LogP contribution is -2.36. The molecule has 8 nitrogen and oxygen atoms in total. The number of aromatic nitrogens is 4. The maximum absolute atomic E-state index is 9.29. The number of anilines is 1. The highest BCUT2D eigenvalue weighted by Gasteiger charge is 2.25. The van der Waals surface area contributed by atoms with Crippen LogP contribution in [0.3, 0.4) is 0 Å². The highest BCUT2D eigenvalue weighted by Crippen LogP contribution is 2.34. The van der Waals surface area contributed by atoms with Gasteiger partial charge in [-0.25, -0.2) is 15.0 Å². The van der Waals surface area contributed by atoms with Crippen LogP contribution in [-0.2, 0) is 11.2 Å². The van der Waals surface area contributed by atoms with Crippen molar-refractivity contribution in [2.24, 2.45) is 5.92 Å². The second kappa shape index (κ2) is 9.45. The Kier molecular flexibility index (Phi) is 6.08. The topological polar surface area (TPSA) is 97.0 Å². The van der Waals surface area contributed by atoms with Gasteiger partial charge in [-0.3, -0.25) is 4.98 Å². The van der Waals surface area contributed by atoms with E-state index in [2.05, 4.69) is 43.0 Å². The van der Waals surface area contributed by atoms with E-state index in [1.807, 2.05) is 0 Å². The van der Waals surface area contributed by atoms with E-state index in [4.69, 9.17) is 9.47 Å². The van der Waals surface area contributed by atoms with Crippen molar-refractivity contribution in [1.82, 2.24) is 19.9 Å². The standard InChI is InChI=1S/C24H26N6O2/c25-14-18-15-26-16-29-21(18)11-17-1-3-20(4-2-17)32-23-13-19(30-7-9-31-10-8-30)12-22-24(23)28-6-5-27-22/h5-6,12-13,15-17,20H,1-4,7-11H2. The van der Waals surface area contributed by atoms with Crippen LogP contribution in [-0.4, -0.2) is 52.3 Å². The molecule has 0 radical (unpaired) electrons. The molecule has 1 saturated carbocycles. The third-order valence-electron chi connectivity index (χ3n) is 6.38. The van der Waals surface area contributed by atoms with Gasteiger partial charge in [-0.15, -0.1) is 0 Å². The van der Waals surface area contributed by atoms with Crippen molar-refractivity contribution >= 4 is 16.7 Å². The van der Waals surface area contributed by atoms with Crippen LogP contribution < -0.4 is 9.64 Å². The summed E-state index contributed by atoms with van der Waals surface area (Å²) in [6, 6.07) is 6.40. The molecule has 0 spiro atoms. The molecule has 1 aliphatic carbocycles. The molecule has 3 aromatic rings. The van der Waals surface area contributed by atoms with Crippen molar-refractivity contribution in [3.05, 3.63) is 48.3 Å². The smallest absolute Gasteiger partial charge is 0.149 e. The summed E-state index contributed by atoms with van der Waals surface area (Å²) in [4.78, 5) is 19.7. The predicted molar refractivity (Wildman–Crippen MR) is 119 cm³/mol. The fraction of sp³-hybridized carbons (Fsp3) is 0.458. The van der Waals surface area contributed by atoms with Crippen molar-refractivity contribution in [3.8, 4) is 11.8 Å². The average Bonchev–Trinajstić information content (AvgIpc) is 2.86. The molecule has 32 heavy (non-hydrogen) atoms. The Morgan fingerprint density at radius 2 is 1.88 bits per heavy atom. The number of nitriles is 1. The summed E-state index contributed by atoms with van der Waals surface area (Å²) in [5, 5.41) is 9.29. The first kappa shape index (κ1) is 20.6. The van der Waals surface area contributed by atoms with Gasteiger partial charge in [-0.2, -0.15) is 5.26 Å². The first-order chi connectivity index (χ1) is 15.8. The summed E-state index contributed by atoms with van der Waals surface area (Å²) in [6.07, 6.45) is 11.6. The lowest BCUT2D eigenvalue weighted by Gasteiger charge is -2.31. The van der Waals surface area contributed by atoms with E-state index < -0.39 is 0 Å². The van der Waals surface area contributed by atoms with E-state index in [9.17, 15) is 5.26 Å². The third kappa shape index (κ3) is 4.48. The summed E-state index contributed by atoms with van der Waals surface area (Å²) in [6.45, 7) is 3.20. The summed E-state index contributed by atoms with van der Waals surface area (Å²) in [5.74, 6) is 1.32. The van der Waals surface area contributed by atoms with Gasteiger partial charge in [0, 0.05) is 43.4 Å². The third-order valence-corrected chi connectivity index (χ3v) is 6.38. The monoisotopic (exact) mass is 430 g/mol. The lowest BCUT2D eigenvalue weighted by molar-refractivity contribution is 0.122. The van der Waals surface area contributed by atoms with Gasteiger partial charge in [0.25, 0.3) is 0 Å². The molecule has 1 saturated heterocycles. The van der Waals surface area contributed by atoms with Gasteiger partial charge in [0.2, 0.25) is 0 Å². The van der Waals surface area contributed by atoms with E-state index in [0.29, 0.717) is 11.5 Å². The minimum atomic E-state index is 0.150. The zero-order chi connectivity index (χ0) is 21.8. The molecule has 3 heterocycles. The number of ether oxygens (including phenoxy) is 2. The van der Waals surface area contributed by atoms with Crippen LogP contribution in [0.25, 0.3) is 11.0 Å². The van der Waals surface area contributed by atoms with Crippen molar-refractivity contribution in [2.45, 2.75) is 38.2 Å². The molecule has 0 amide bonds. The highest BCUT2D eigenvalue weighted by molar-refractivity contribution is 5.85. The van der Waals surface area contributed by atoms with E-state index in [-0.39, 0.29) is 6.10 Å². The Labute approximate surface area is 187 Å². The van der Waals surface area contributed by atoms with Crippen LogP contribution in [0.4, 0.5) is 5.69 Å². The van der Waals surface area contributed by atoms with E-state index in [1.165, 1.54) is 6.33 Å². The summed E-state index contributed by atoms with van der Waals surface area (Å²) < 4.78 is 12.0. The zero-order valence-corrected chi connectivity index (χ0v) is 18.0. The van der Waals surface area contributed by atoms with Gasteiger partial charge in [0.15, 0.2) is 0 Å². The first-order valence-electron chi connectivity index (χ1n) is 11.2. The number of nitrogens with zero attached hydrogens (tertiary/aromatic N) is 6. The summed E-state index contributed by atoms with van der Waals surface area (Å²) in [7, 11) is 0. The van der Waals surface area contributed by atoms with Crippen LogP contribution >= 0.6 is 0 Å². The van der Waals surface area contributed by atoms with E-state index in [0.717, 1.165) is 86.6 Å². The maximum atomic E-state index is 9.29. The average molecular weight is 431 g/mol. The highest BCUT2D eigenvalue weighted by atomic mass is 16.5. The molecule has 2 aromatic heterocycles. The maximum Gasteiger partial charge on any atom is 0.149 e. The van der Waals surface area contributed by atoms with E-state index in [1.54, 1.807) is 18.6 Å². The molecule has 1 aliphatic heterocycles. The molecule has 0 atom stereocenters. The fourth-order valence-corrected chi connectivity index (χ4v) is 4.64. The van der Waals surface area contributed by atoms with Gasteiger partial charge in [0.05, 0.1) is 36.1 Å². The van der Waals surface area contributed by atoms with Gasteiger partial charge >= 0.3 is 0 Å². The Bertz CT molecular complexity index is 1120. The molecule has 0 N–H and O–H groups in total. The fourth-order valence-electron chi connectivity index (χ4n) is 4.64. The zero-order valence-electron chi connectivity index (χ0n) is 18.0. The Balaban J connectivity index is 1.28. The van der Waals surface area contributed by atoms with Crippen molar-refractivity contribution in [2.75, 3.05) is 31.2 Å². The molecule has 5 rings (SSSR count). The second-order valence-corrected chi connectivity index (χ2v) is 8.43. The number of benzene rings is 1. The van der Waals surface area contributed by atoms with Gasteiger partial charge < -0.3 is 14.4 Å². The van der Waals surface area contributed by atoms with Crippen LogP contribution in [0.2, 0.25) is 0 Å². The van der Waals surface area contributed by atoms with Crippen LogP contribution in [0.1, 0.15) is 36.9 Å². The lowest BCUT2D eigenvalue weighted by atomic mass is 9.84. The molecular weight excluding hydrogens is 404 g/mol.